The van der Waals surface area contributed by atoms with Crippen LogP contribution in [0.3, 0.4) is 0 Å². The Morgan fingerprint density at radius 1 is 1.08 bits per heavy atom. The Hall–Kier alpha value is -3.60. The minimum absolute atomic E-state index is 0.312. The van der Waals surface area contributed by atoms with E-state index in [1.807, 2.05) is 30.3 Å². The van der Waals surface area contributed by atoms with Gasteiger partial charge in [-0.05, 0) is 38.4 Å². The lowest BCUT2D eigenvalue weighted by Crippen LogP contribution is -2.48. The number of nitrogens with two attached hydrogens (primary N) is 1. The predicted molar refractivity (Wildman–Crippen MR) is 154 cm³/mol. The molecule has 1 aliphatic heterocycles. The monoisotopic (exact) mass is 538 g/mol. The first-order chi connectivity index (χ1) is 18.4. The minimum Gasteiger partial charge on any atom is -0.497 e. The molecule has 0 radical (unpaired) electrons. The molecule has 202 valence electrons. The smallest absolute Gasteiger partial charge is 0.230 e. The molecule has 11 heteroatoms. The third-order valence-electron chi connectivity index (χ3n) is 6.04. The molecule has 2 aromatic carbocycles. The molecule has 1 aliphatic rings. The highest BCUT2D eigenvalue weighted by molar-refractivity contribution is 6.32. The van der Waals surface area contributed by atoms with Crippen LogP contribution in [-0.4, -0.2) is 92.6 Å². The van der Waals surface area contributed by atoms with Crippen LogP contribution in [0.5, 0.6) is 17.4 Å². The molecule has 0 saturated carbocycles. The van der Waals surface area contributed by atoms with E-state index in [1.54, 1.807) is 31.4 Å². The number of anilines is 2. The zero-order chi connectivity index (χ0) is 26.9. The number of aliphatic imine (C=N–C) groups is 1. The second kappa shape index (κ2) is 13.3. The number of para-hydroxylation sites is 1. The van der Waals surface area contributed by atoms with Gasteiger partial charge in [0.25, 0.3) is 0 Å². The molecule has 0 aliphatic carbocycles. The summed E-state index contributed by atoms with van der Waals surface area (Å²) in [5.74, 6) is 3.09. The first-order valence-electron chi connectivity index (χ1n) is 12.5. The molecule has 1 fully saturated rings. The Bertz CT molecular complexity index is 1220. The molecule has 38 heavy (non-hydrogen) atoms. The molecule has 0 spiro atoms. The van der Waals surface area contributed by atoms with Crippen molar-refractivity contribution in [2.75, 3.05) is 77.2 Å². The Balaban J connectivity index is 1.51. The van der Waals surface area contributed by atoms with Gasteiger partial charge in [-0.3, -0.25) is 4.90 Å². The fourth-order valence-corrected chi connectivity index (χ4v) is 4.11. The van der Waals surface area contributed by atoms with Gasteiger partial charge in [0.2, 0.25) is 11.8 Å². The number of aromatic nitrogens is 2. The summed E-state index contributed by atoms with van der Waals surface area (Å²) >= 11 is 6.42. The van der Waals surface area contributed by atoms with Crippen molar-refractivity contribution in [3.8, 4) is 17.4 Å². The molecule has 10 nitrogen and oxygen atoms in total. The maximum atomic E-state index is 6.42. The minimum atomic E-state index is 0.312. The number of likely N-dealkylation sites (N-methyl/N-ethyl adjacent to an activating group) is 1. The molecule has 0 amide bonds. The summed E-state index contributed by atoms with van der Waals surface area (Å²) in [6, 6.07) is 16.6. The Kier molecular flexibility index (Phi) is 9.58. The van der Waals surface area contributed by atoms with Crippen LogP contribution < -0.4 is 25.4 Å². The van der Waals surface area contributed by atoms with Gasteiger partial charge >= 0.3 is 0 Å². The van der Waals surface area contributed by atoms with Crippen molar-refractivity contribution < 1.29 is 9.47 Å². The number of halogens is 1. The lowest BCUT2D eigenvalue weighted by atomic mass is 10.3. The zero-order valence-corrected chi connectivity index (χ0v) is 22.9. The van der Waals surface area contributed by atoms with E-state index in [-0.39, 0.29) is 0 Å². The first-order valence-corrected chi connectivity index (χ1v) is 12.9. The quantitative estimate of drug-likeness (QED) is 0.279. The van der Waals surface area contributed by atoms with Gasteiger partial charge in [-0.15, -0.1) is 0 Å². The van der Waals surface area contributed by atoms with Crippen molar-refractivity contribution in [1.82, 2.24) is 19.8 Å². The van der Waals surface area contributed by atoms with E-state index in [2.05, 4.69) is 39.1 Å². The first kappa shape index (κ1) is 27.4. The van der Waals surface area contributed by atoms with Crippen molar-refractivity contribution in [2.45, 2.75) is 0 Å². The van der Waals surface area contributed by atoms with Crippen LogP contribution in [0.1, 0.15) is 0 Å². The SMILES string of the molecule is COc1ccc(Oc2cc(NCC(N)=Nc3ccccc3)nc(N3CCN(CCN(C)C)CC3)n2)c(Cl)c1. The van der Waals surface area contributed by atoms with Gasteiger partial charge in [0.1, 0.15) is 23.2 Å². The number of ether oxygens (including phenoxy) is 2. The number of piperazine rings is 1. The Labute approximate surface area is 229 Å². The normalized spacial score (nSPS) is 14.6. The summed E-state index contributed by atoms with van der Waals surface area (Å²) in [4.78, 5) is 20.7. The maximum absolute atomic E-state index is 6.42. The molecular formula is C27H35ClN8O2. The van der Waals surface area contributed by atoms with E-state index in [4.69, 9.17) is 36.8 Å². The summed E-state index contributed by atoms with van der Waals surface area (Å²) in [6.45, 7) is 5.88. The maximum Gasteiger partial charge on any atom is 0.230 e. The number of nitrogens with zero attached hydrogens (tertiary/aromatic N) is 6. The number of benzene rings is 2. The van der Waals surface area contributed by atoms with E-state index in [0.717, 1.165) is 45.0 Å². The van der Waals surface area contributed by atoms with E-state index in [9.17, 15) is 0 Å². The fraction of sp³-hybridized carbons (Fsp3) is 0.370. The third kappa shape index (κ3) is 7.95. The predicted octanol–water partition coefficient (Wildman–Crippen LogP) is 3.72. The van der Waals surface area contributed by atoms with Crippen molar-refractivity contribution in [3.05, 3.63) is 59.6 Å². The van der Waals surface area contributed by atoms with Crippen molar-refractivity contribution in [3.63, 3.8) is 0 Å². The number of rotatable bonds is 11. The van der Waals surface area contributed by atoms with Crippen LogP contribution in [-0.2, 0) is 0 Å². The summed E-state index contributed by atoms with van der Waals surface area (Å²) in [7, 11) is 5.78. The Morgan fingerprint density at radius 2 is 1.84 bits per heavy atom. The van der Waals surface area contributed by atoms with E-state index < -0.39 is 0 Å². The summed E-state index contributed by atoms with van der Waals surface area (Å²) in [5, 5.41) is 3.69. The molecule has 1 saturated heterocycles. The van der Waals surface area contributed by atoms with Crippen LogP contribution >= 0.6 is 11.6 Å². The van der Waals surface area contributed by atoms with E-state index in [1.165, 1.54) is 0 Å². The average Bonchev–Trinajstić information content (AvgIpc) is 2.92. The van der Waals surface area contributed by atoms with Crippen molar-refractivity contribution >= 4 is 34.9 Å². The van der Waals surface area contributed by atoms with Gasteiger partial charge in [-0.1, -0.05) is 29.8 Å². The molecule has 2 heterocycles. The lowest BCUT2D eigenvalue weighted by Gasteiger charge is -2.35. The molecule has 3 aromatic rings. The third-order valence-corrected chi connectivity index (χ3v) is 6.34. The second-order valence-corrected chi connectivity index (χ2v) is 9.62. The van der Waals surface area contributed by atoms with Crippen LogP contribution in [0.15, 0.2) is 59.6 Å². The largest absolute Gasteiger partial charge is 0.497 e. The summed E-state index contributed by atoms with van der Waals surface area (Å²) in [5.41, 5.74) is 6.96. The average molecular weight is 539 g/mol. The van der Waals surface area contributed by atoms with Gasteiger partial charge in [0, 0.05) is 51.4 Å². The topological polar surface area (TPSA) is 104 Å². The van der Waals surface area contributed by atoms with Gasteiger partial charge < -0.3 is 30.3 Å². The summed E-state index contributed by atoms with van der Waals surface area (Å²) < 4.78 is 11.3. The number of hydrogen-bond donors (Lipinski definition) is 2. The van der Waals surface area contributed by atoms with E-state index in [0.29, 0.717) is 46.5 Å². The second-order valence-electron chi connectivity index (χ2n) is 9.21. The highest BCUT2D eigenvalue weighted by Gasteiger charge is 2.21. The number of hydrogen-bond acceptors (Lipinski definition) is 9. The molecule has 0 bridgehead atoms. The highest BCUT2D eigenvalue weighted by Crippen LogP contribution is 2.33. The van der Waals surface area contributed by atoms with Gasteiger partial charge in [-0.25, -0.2) is 4.99 Å². The molecule has 0 atom stereocenters. The molecule has 4 rings (SSSR count). The molecular weight excluding hydrogens is 504 g/mol. The number of nitrogens with one attached hydrogen (secondary N) is 1. The van der Waals surface area contributed by atoms with Crippen LogP contribution in [0.4, 0.5) is 17.5 Å². The zero-order valence-electron chi connectivity index (χ0n) is 22.1. The van der Waals surface area contributed by atoms with Crippen molar-refractivity contribution in [1.29, 1.82) is 0 Å². The number of amidine groups is 1. The highest BCUT2D eigenvalue weighted by atomic mass is 35.5. The number of methoxy groups -OCH3 is 1. The van der Waals surface area contributed by atoms with Gasteiger partial charge in [0.15, 0.2) is 0 Å². The van der Waals surface area contributed by atoms with Crippen LogP contribution in [0.25, 0.3) is 0 Å². The van der Waals surface area contributed by atoms with Crippen LogP contribution in [0, 0.1) is 0 Å². The van der Waals surface area contributed by atoms with Crippen molar-refractivity contribution in [2.24, 2.45) is 10.7 Å². The summed E-state index contributed by atoms with van der Waals surface area (Å²) in [6.07, 6.45) is 0. The fourth-order valence-electron chi connectivity index (χ4n) is 3.90. The van der Waals surface area contributed by atoms with Crippen LogP contribution in [0.2, 0.25) is 5.02 Å². The van der Waals surface area contributed by atoms with Gasteiger partial charge in [-0.2, -0.15) is 9.97 Å². The lowest BCUT2D eigenvalue weighted by molar-refractivity contribution is 0.228. The standard InChI is InChI=1S/C27H35ClN8O2/c1-34(2)11-12-35-13-15-36(16-14-35)27-32-25(30-19-24(29)31-20-7-5-4-6-8-20)18-26(33-27)38-23-10-9-21(37-3)17-22(23)28/h4-10,17-18H,11-16,19H2,1-3H3,(H2,29,31)(H,30,32,33). The molecule has 1 aromatic heterocycles. The van der Waals surface area contributed by atoms with E-state index >= 15 is 0 Å². The Morgan fingerprint density at radius 3 is 2.53 bits per heavy atom. The molecule has 3 N–H and O–H groups in total. The van der Waals surface area contributed by atoms with Gasteiger partial charge in [0.05, 0.1) is 24.4 Å². The molecule has 0 unspecified atom stereocenters.